The highest BCUT2D eigenvalue weighted by atomic mass is 32.1. The molecular weight excluding hydrogens is 182 g/mol. The van der Waals surface area contributed by atoms with Gasteiger partial charge in [-0.05, 0) is 23.2 Å². The van der Waals surface area contributed by atoms with Crippen LogP contribution in [0.2, 0.25) is 0 Å². The molecule has 66 valence electrons. The quantitative estimate of drug-likeness (QED) is 0.561. The van der Waals surface area contributed by atoms with Gasteiger partial charge in [0, 0.05) is 18.0 Å². The van der Waals surface area contributed by atoms with Gasteiger partial charge >= 0.3 is 0 Å². The summed E-state index contributed by atoms with van der Waals surface area (Å²) in [6.45, 7) is 0. The number of nitrogens with two attached hydrogens (primary N) is 1. The molecule has 0 aliphatic carbocycles. The second-order valence-electron chi connectivity index (χ2n) is 2.86. The van der Waals surface area contributed by atoms with E-state index in [4.69, 9.17) is 11.1 Å². The van der Waals surface area contributed by atoms with E-state index >= 15 is 0 Å². The number of hydrogen-bond acceptors (Lipinski definition) is 3. The molecule has 0 atom stereocenters. The van der Waals surface area contributed by atoms with Gasteiger partial charge in [-0.25, -0.2) is 0 Å². The first-order valence-electron chi connectivity index (χ1n) is 3.92. The van der Waals surface area contributed by atoms with Crippen molar-refractivity contribution in [2.75, 3.05) is 0 Å². The average Bonchev–Trinajstić information content (AvgIpc) is 2.51. The normalized spacial score (nSPS) is 10.5. The van der Waals surface area contributed by atoms with Crippen molar-refractivity contribution in [3.8, 4) is 0 Å². The summed E-state index contributed by atoms with van der Waals surface area (Å²) >= 11 is 1.47. The van der Waals surface area contributed by atoms with Crippen LogP contribution in [0.1, 0.15) is 5.56 Å². The Morgan fingerprint density at radius 1 is 1.54 bits per heavy atom. The summed E-state index contributed by atoms with van der Waals surface area (Å²) in [6.07, 6.45) is 2.34. The van der Waals surface area contributed by atoms with Crippen LogP contribution in [0.3, 0.4) is 0 Å². The van der Waals surface area contributed by atoms with E-state index in [9.17, 15) is 0 Å². The van der Waals surface area contributed by atoms with Crippen LogP contribution in [-0.2, 0) is 6.42 Å². The lowest BCUT2D eigenvalue weighted by Gasteiger charge is -1.99. The Morgan fingerprint density at radius 2 is 2.38 bits per heavy atom. The van der Waals surface area contributed by atoms with Crippen LogP contribution in [-0.4, -0.2) is 10.2 Å². The molecule has 2 aromatic rings. The largest absolute Gasteiger partial charge is 0.387 e. The third kappa shape index (κ3) is 1.53. The van der Waals surface area contributed by atoms with E-state index in [1.165, 1.54) is 11.5 Å². The van der Waals surface area contributed by atoms with Crippen molar-refractivity contribution in [1.82, 2.24) is 4.37 Å². The molecule has 3 N–H and O–H groups in total. The molecule has 1 aromatic heterocycles. The molecule has 0 unspecified atom stereocenters. The van der Waals surface area contributed by atoms with Crippen molar-refractivity contribution in [3.05, 3.63) is 30.0 Å². The van der Waals surface area contributed by atoms with Gasteiger partial charge in [-0.1, -0.05) is 12.1 Å². The Labute approximate surface area is 79.9 Å². The van der Waals surface area contributed by atoms with Gasteiger partial charge in [-0.2, -0.15) is 4.37 Å². The number of fused-ring (bicyclic) bond motifs is 1. The van der Waals surface area contributed by atoms with E-state index in [0.717, 1.165) is 15.6 Å². The smallest absolute Gasteiger partial charge is 0.0950 e. The number of benzene rings is 1. The molecule has 3 nitrogen and oxygen atoms in total. The Kier molecular flexibility index (Phi) is 1.98. The molecule has 1 heterocycles. The van der Waals surface area contributed by atoms with Crippen molar-refractivity contribution >= 4 is 27.5 Å². The van der Waals surface area contributed by atoms with Crippen molar-refractivity contribution < 1.29 is 0 Å². The summed E-state index contributed by atoms with van der Waals surface area (Å²) in [5.41, 5.74) is 6.43. The van der Waals surface area contributed by atoms with Gasteiger partial charge in [-0.3, -0.25) is 5.41 Å². The maximum Gasteiger partial charge on any atom is 0.0950 e. The Balaban J connectivity index is 2.54. The predicted molar refractivity (Wildman–Crippen MR) is 55.2 cm³/mol. The van der Waals surface area contributed by atoms with Crippen LogP contribution in [0.25, 0.3) is 10.1 Å². The van der Waals surface area contributed by atoms with E-state index in [2.05, 4.69) is 4.37 Å². The van der Waals surface area contributed by atoms with Crippen molar-refractivity contribution in [1.29, 1.82) is 5.41 Å². The Hall–Kier alpha value is -1.42. The Morgan fingerprint density at radius 3 is 3.15 bits per heavy atom. The van der Waals surface area contributed by atoms with Gasteiger partial charge < -0.3 is 5.73 Å². The lowest BCUT2D eigenvalue weighted by molar-refractivity contribution is 1.27. The number of rotatable bonds is 2. The predicted octanol–water partition coefficient (Wildman–Crippen LogP) is 1.77. The van der Waals surface area contributed by atoms with Crippen LogP contribution in [0.4, 0.5) is 0 Å². The van der Waals surface area contributed by atoms with Gasteiger partial charge in [0.05, 0.1) is 10.5 Å². The molecule has 1 aromatic carbocycles. The maximum atomic E-state index is 7.22. The fraction of sp³-hybridized carbons (Fsp3) is 0.111. The fourth-order valence-corrected chi connectivity index (χ4v) is 2.00. The first-order valence-corrected chi connectivity index (χ1v) is 4.70. The van der Waals surface area contributed by atoms with Gasteiger partial charge in [0.1, 0.15) is 0 Å². The minimum Gasteiger partial charge on any atom is -0.387 e. The molecule has 0 saturated heterocycles. The summed E-state index contributed by atoms with van der Waals surface area (Å²) in [5, 5.41) is 8.33. The molecule has 0 fully saturated rings. The van der Waals surface area contributed by atoms with Gasteiger partial charge in [0.25, 0.3) is 0 Å². The van der Waals surface area contributed by atoms with E-state index in [0.29, 0.717) is 6.42 Å². The third-order valence-corrected chi connectivity index (χ3v) is 2.63. The molecule has 0 aliphatic heterocycles. The minimum absolute atomic E-state index is 0.193. The molecular formula is C9H9N3S. The fourth-order valence-electron chi connectivity index (χ4n) is 1.31. The second-order valence-corrected chi connectivity index (χ2v) is 3.69. The summed E-state index contributed by atoms with van der Waals surface area (Å²) in [7, 11) is 0. The average molecular weight is 191 g/mol. The first kappa shape index (κ1) is 8.19. The molecule has 0 saturated carbocycles. The molecule has 0 radical (unpaired) electrons. The van der Waals surface area contributed by atoms with Crippen molar-refractivity contribution in [3.63, 3.8) is 0 Å². The van der Waals surface area contributed by atoms with Gasteiger partial charge in [0.2, 0.25) is 0 Å². The lowest BCUT2D eigenvalue weighted by Crippen LogP contribution is -2.12. The zero-order valence-electron chi connectivity index (χ0n) is 6.95. The highest BCUT2D eigenvalue weighted by Gasteiger charge is 2.03. The van der Waals surface area contributed by atoms with Crippen LogP contribution in [0.15, 0.2) is 24.4 Å². The summed E-state index contributed by atoms with van der Waals surface area (Å²) in [5.74, 6) is 0.193. The maximum absolute atomic E-state index is 7.22. The zero-order chi connectivity index (χ0) is 9.26. The molecule has 13 heavy (non-hydrogen) atoms. The molecule has 0 bridgehead atoms. The molecule has 0 amide bonds. The van der Waals surface area contributed by atoms with E-state index in [1.54, 1.807) is 0 Å². The number of nitrogens with one attached hydrogen (secondary N) is 1. The van der Waals surface area contributed by atoms with Crippen molar-refractivity contribution in [2.45, 2.75) is 6.42 Å². The van der Waals surface area contributed by atoms with Crippen LogP contribution in [0.5, 0.6) is 0 Å². The summed E-state index contributed by atoms with van der Waals surface area (Å²) in [4.78, 5) is 0. The SMILES string of the molecule is N=C(N)Cc1cccc2sncc12. The highest BCUT2D eigenvalue weighted by molar-refractivity contribution is 7.13. The minimum atomic E-state index is 0.193. The number of hydrogen-bond donors (Lipinski definition) is 2. The molecule has 0 aliphatic rings. The topological polar surface area (TPSA) is 62.8 Å². The van der Waals surface area contributed by atoms with Crippen molar-refractivity contribution in [2.24, 2.45) is 5.73 Å². The van der Waals surface area contributed by atoms with Gasteiger partial charge in [-0.15, -0.1) is 0 Å². The standard InChI is InChI=1S/C9H9N3S/c10-9(11)4-6-2-1-3-8-7(6)5-12-13-8/h1-3,5H,4H2,(H3,10,11). The van der Waals surface area contributed by atoms with Crippen LogP contribution >= 0.6 is 11.5 Å². The monoisotopic (exact) mass is 191 g/mol. The first-order chi connectivity index (χ1) is 6.27. The third-order valence-electron chi connectivity index (χ3n) is 1.87. The number of amidine groups is 1. The Bertz CT molecular complexity index is 447. The lowest BCUT2D eigenvalue weighted by atomic mass is 10.1. The van der Waals surface area contributed by atoms with E-state index < -0.39 is 0 Å². The van der Waals surface area contributed by atoms with Crippen LogP contribution < -0.4 is 5.73 Å². The molecule has 2 rings (SSSR count). The molecule has 4 heteroatoms. The summed E-state index contributed by atoms with van der Waals surface area (Å²) in [6, 6.07) is 5.98. The number of nitrogens with zero attached hydrogens (tertiary/aromatic N) is 1. The van der Waals surface area contributed by atoms with Gasteiger partial charge in [0.15, 0.2) is 0 Å². The van der Waals surface area contributed by atoms with E-state index in [-0.39, 0.29) is 5.84 Å². The van der Waals surface area contributed by atoms with E-state index in [1.807, 2.05) is 24.4 Å². The highest BCUT2D eigenvalue weighted by Crippen LogP contribution is 2.21. The molecule has 0 spiro atoms. The second kappa shape index (κ2) is 3.14. The summed E-state index contributed by atoms with van der Waals surface area (Å²) < 4.78 is 5.25. The zero-order valence-corrected chi connectivity index (χ0v) is 7.77. The van der Waals surface area contributed by atoms with Crippen LogP contribution in [0, 0.1) is 5.41 Å². The number of aromatic nitrogens is 1.